The molecule has 2 aliphatic rings. The van der Waals surface area contributed by atoms with Gasteiger partial charge in [0, 0.05) is 25.2 Å². The van der Waals surface area contributed by atoms with Crippen molar-refractivity contribution in [2.45, 2.75) is 45.6 Å². The summed E-state index contributed by atoms with van der Waals surface area (Å²) in [5.41, 5.74) is 3.01. The van der Waals surface area contributed by atoms with E-state index in [1.165, 1.54) is 0 Å². The Morgan fingerprint density at radius 3 is 2.54 bits per heavy atom. The molecule has 2 heterocycles. The van der Waals surface area contributed by atoms with Crippen LogP contribution in [0.1, 0.15) is 47.2 Å². The van der Waals surface area contributed by atoms with Gasteiger partial charge in [-0.1, -0.05) is 17.2 Å². The first kappa shape index (κ1) is 20.7. The molecule has 0 bridgehead atoms. The lowest BCUT2D eigenvalue weighted by Gasteiger charge is -2.33. The van der Waals surface area contributed by atoms with Gasteiger partial charge < -0.3 is 15.5 Å². The molecule has 0 aromatic heterocycles. The van der Waals surface area contributed by atoms with Crippen molar-refractivity contribution in [1.82, 2.24) is 15.5 Å². The van der Waals surface area contributed by atoms with E-state index in [4.69, 9.17) is 0 Å². The van der Waals surface area contributed by atoms with Crippen molar-refractivity contribution < 1.29 is 9.59 Å². The third-order valence-corrected chi connectivity index (χ3v) is 5.22. The number of aryl methyl sites for hydroxylation is 2. The minimum atomic E-state index is -0.0309. The van der Waals surface area contributed by atoms with E-state index in [-0.39, 0.29) is 30.3 Å². The van der Waals surface area contributed by atoms with Crippen molar-refractivity contribution in [3.8, 4) is 0 Å². The first-order valence-electron chi connectivity index (χ1n) is 9.41. The summed E-state index contributed by atoms with van der Waals surface area (Å²) in [5.74, 6) is 0.560. The molecule has 0 aliphatic carbocycles. The zero-order valence-electron chi connectivity index (χ0n) is 15.7. The van der Waals surface area contributed by atoms with Gasteiger partial charge in [0.2, 0.25) is 5.91 Å². The molecule has 6 heteroatoms. The SMILES string of the molecule is Cc1cc(C)cc(C(=O)N2CCCC(CNC(=O)C3CCCN3)C2)c1.Cl. The molecule has 0 saturated carbocycles. The lowest BCUT2D eigenvalue weighted by molar-refractivity contribution is -0.123. The maximum absolute atomic E-state index is 12.8. The van der Waals surface area contributed by atoms with Crippen LogP contribution in [-0.4, -0.2) is 48.9 Å². The molecule has 1 aromatic rings. The van der Waals surface area contributed by atoms with Crippen molar-refractivity contribution in [2.75, 3.05) is 26.2 Å². The highest BCUT2D eigenvalue weighted by Crippen LogP contribution is 2.19. The second-order valence-electron chi connectivity index (χ2n) is 7.53. The molecule has 2 fully saturated rings. The minimum absolute atomic E-state index is 0. The second kappa shape index (κ2) is 9.38. The highest BCUT2D eigenvalue weighted by atomic mass is 35.5. The number of hydrogen-bond acceptors (Lipinski definition) is 3. The van der Waals surface area contributed by atoms with Crippen LogP contribution >= 0.6 is 12.4 Å². The van der Waals surface area contributed by atoms with E-state index in [9.17, 15) is 9.59 Å². The number of amides is 2. The number of hydrogen-bond donors (Lipinski definition) is 2. The maximum Gasteiger partial charge on any atom is 0.253 e. The molecule has 0 radical (unpaired) electrons. The van der Waals surface area contributed by atoms with E-state index >= 15 is 0 Å². The van der Waals surface area contributed by atoms with Gasteiger partial charge in [0.05, 0.1) is 6.04 Å². The average Bonchev–Trinajstić information content (AvgIpc) is 3.13. The summed E-state index contributed by atoms with van der Waals surface area (Å²) >= 11 is 0. The largest absolute Gasteiger partial charge is 0.354 e. The molecular weight excluding hydrogens is 350 g/mol. The standard InChI is InChI=1S/C20H29N3O2.ClH/c1-14-9-15(2)11-17(10-14)20(25)23-8-4-5-16(13-23)12-22-19(24)18-6-3-7-21-18;/h9-11,16,18,21H,3-8,12-13H2,1-2H3,(H,22,24);1H. The Hall–Kier alpha value is -1.59. The number of likely N-dealkylation sites (tertiary alicyclic amines) is 1. The van der Waals surface area contributed by atoms with Crippen LogP contribution in [0, 0.1) is 19.8 Å². The number of nitrogens with one attached hydrogen (secondary N) is 2. The first-order valence-corrected chi connectivity index (χ1v) is 9.41. The Labute approximate surface area is 162 Å². The summed E-state index contributed by atoms with van der Waals surface area (Å²) in [5, 5.41) is 6.30. The van der Waals surface area contributed by atoms with Gasteiger partial charge in [-0.05, 0) is 64.1 Å². The van der Waals surface area contributed by atoms with E-state index in [0.29, 0.717) is 12.5 Å². The third-order valence-electron chi connectivity index (χ3n) is 5.22. The van der Waals surface area contributed by atoms with Gasteiger partial charge in [-0.3, -0.25) is 9.59 Å². The zero-order chi connectivity index (χ0) is 17.8. The molecular formula is C20H30ClN3O2. The molecule has 1 aromatic carbocycles. The van der Waals surface area contributed by atoms with Crippen molar-refractivity contribution in [2.24, 2.45) is 5.92 Å². The number of rotatable bonds is 4. The predicted octanol–water partition coefficient (Wildman–Crippen LogP) is 2.45. The van der Waals surface area contributed by atoms with E-state index in [0.717, 1.165) is 62.0 Å². The van der Waals surface area contributed by atoms with Gasteiger partial charge in [-0.15, -0.1) is 12.4 Å². The van der Waals surface area contributed by atoms with Gasteiger partial charge in [0.25, 0.3) is 5.91 Å². The normalized spacial score (nSPS) is 22.6. The lowest BCUT2D eigenvalue weighted by Crippen LogP contribution is -2.46. The molecule has 2 atom stereocenters. The summed E-state index contributed by atoms with van der Waals surface area (Å²) in [6.45, 7) is 7.17. The summed E-state index contributed by atoms with van der Waals surface area (Å²) in [6, 6.07) is 5.98. The van der Waals surface area contributed by atoms with Crippen LogP contribution in [0.4, 0.5) is 0 Å². The Morgan fingerprint density at radius 1 is 1.15 bits per heavy atom. The fourth-order valence-corrected chi connectivity index (χ4v) is 3.97. The molecule has 26 heavy (non-hydrogen) atoms. The fraction of sp³-hybridized carbons (Fsp3) is 0.600. The van der Waals surface area contributed by atoms with Gasteiger partial charge in [0.1, 0.15) is 0 Å². The van der Waals surface area contributed by atoms with E-state index < -0.39 is 0 Å². The number of nitrogens with zero attached hydrogens (tertiary/aromatic N) is 1. The van der Waals surface area contributed by atoms with Crippen LogP contribution < -0.4 is 10.6 Å². The number of benzene rings is 1. The first-order chi connectivity index (χ1) is 12.0. The zero-order valence-corrected chi connectivity index (χ0v) is 16.5. The average molecular weight is 380 g/mol. The van der Waals surface area contributed by atoms with Crippen molar-refractivity contribution in [3.05, 3.63) is 34.9 Å². The Balaban J connectivity index is 0.00000243. The van der Waals surface area contributed by atoms with Crippen molar-refractivity contribution in [3.63, 3.8) is 0 Å². The fourth-order valence-electron chi connectivity index (χ4n) is 3.97. The van der Waals surface area contributed by atoms with Crippen LogP contribution in [0.15, 0.2) is 18.2 Å². The van der Waals surface area contributed by atoms with Gasteiger partial charge in [-0.25, -0.2) is 0 Å². The molecule has 5 nitrogen and oxygen atoms in total. The Bertz CT molecular complexity index is 624. The maximum atomic E-state index is 12.8. The van der Waals surface area contributed by atoms with E-state index in [1.54, 1.807) is 0 Å². The van der Waals surface area contributed by atoms with Crippen LogP contribution in [0.25, 0.3) is 0 Å². The monoisotopic (exact) mass is 379 g/mol. The molecule has 2 N–H and O–H groups in total. The minimum Gasteiger partial charge on any atom is -0.354 e. The molecule has 2 unspecified atom stereocenters. The van der Waals surface area contributed by atoms with Gasteiger partial charge in [-0.2, -0.15) is 0 Å². The van der Waals surface area contributed by atoms with Crippen LogP contribution in [0.2, 0.25) is 0 Å². The molecule has 0 spiro atoms. The Kier molecular flexibility index (Phi) is 7.47. The number of piperidine rings is 1. The van der Waals surface area contributed by atoms with Gasteiger partial charge in [0.15, 0.2) is 0 Å². The quantitative estimate of drug-likeness (QED) is 0.844. The van der Waals surface area contributed by atoms with Crippen molar-refractivity contribution >= 4 is 24.2 Å². The van der Waals surface area contributed by atoms with Crippen molar-refractivity contribution in [1.29, 1.82) is 0 Å². The highest BCUT2D eigenvalue weighted by Gasteiger charge is 2.27. The summed E-state index contributed by atoms with van der Waals surface area (Å²) in [4.78, 5) is 26.9. The third kappa shape index (κ3) is 5.21. The smallest absolute Gasteiger partial charge is 0.253 e. The number of halogens is 1. The topological polar surface area (TPSA) is 61.4 Å². The lowest BCUT2D eigenvalue weighted by atomic mass is 9.96. The predicted molar refractivity (Wildman–Crippen MR) is 106 cm³/mol. The second-order valence-corrected chi connectivity index (χ2v) is 7.53. The van der Waals surface area contributed by atoms with Crippen LogP contribution in [0.3, 0.4) is 0 Å². The van der Waals surface area contributed by atoms with E-state index in [2.05, 4.69) is 16.7 Å². The summed E-state index contributed by atoms with van der Waals surface area (Å²) < 4.78 is 0. The number of carbonyl (C=O) groups is 2. The van der Waals surface area contributed by atoms with Gasteiger partial charge >= 0.3 is 0 Å². The van der Waals surface area contributed by atoms with Crippen LogP contribution in [0.5, 0.6) is 0 Å². The molecule has 2 amide bonds. The molecule has 2 aliphatic heterocycles. The Morgan fingerprint density at radius 2 is 1.88 bits per heavy atom. The molecule has 3 rings (SSSR count). The molecule has 144 valence electrons. The summed E-state index contributed by atoms with van der Waals surface area (Å²) in [6.07, 6.45) is 4.06. The summed E-state index contributed by atoms with van der Waals surface area (Å²) in [7, 11) is 0. The highest BCUT2D eigenvalue weighted by molar-refractivity contribution is 5.94. The molecule has 2 saturated heterocycles. The van der Waals surface area contributed by atoms with E-state index in [1.807, 2.05) is 30.9 Å². The van der Waals surface area contributed by atoms with Crippen LogP contribution in [-0.2, 0) is 4.79 Å². The number of carbonyl (C=O) groups excluding carboxylic acids is 2.